The molecule has 0 aliphatic rings. The molecule has 0 saturated carbocycles. The lowest BCUT2D eigenvalue weighted by Crippen LogP contribution is -2.34. The van der Waals surface area contributed by atoms with Crippen molar-refractivity contribution in [3.8, 4) is 0 Å². The fourth-order valence-corrected chi connectivity index (χ4v) is 2.17. The molecule has 0 fully saturated rings. The number of ketones is 1. The van der Waals surface area contributed by atoms with Gasteiger partial charge in [0.25, 0.3) is 5.91 Å². The lowest BCUT2D eigenvalue weighted by molar-refractivity contribution is 0.0740. The van der Waals surface area contributed by atoms with Crippen LogP contribution >= 0.6 is 0 Å². The highest BCUT2D eigenvalue weighted by Crippen LogP contribution is 2.12. The summed E-state index contributed by atoms with van der Waals surface area (Å²) in [5.74, 6) is 1.25. The molecule has 3 nitrogen and oxygen atoms in total. The van der Waals surface area contributed by atoms with Gasteiger partial charge in [-0.1, -0.05) is 39.8 Å². The highest BCUT2D eigenvalue weighted by molar-refractivity contribution is 5.97. The number of hydrogen-bond acceptors (Lipinski definition) is 2. The first-order chi connectivity index (χ1) is 10.3. The minimum Gasteiger partial charge on any atom is -0.339 e. The molecule has 1 rings (SSSR count). The summed E-state index contributed by atoms with van der Waals surface area (Å²) in [6.07, 6.45) is 2.02. The van der Waals surface area contributed by atoms with Gasteiger partial charge in [0, 0.05) is 24.2 Å². The summed E-state index contributed by atoms with van der Waals surface area (Å²) in [5, 5.41) is 0. The van der Waals surface area contributed by atoms with Crippen molar-refractivity contribution >= 4 is 11.7 Å². The monoisotopic (exact) mass is 303 g/mol. The zero-order chi connectivity index (χ0) is 16.7. The first-order valence-corrected chi connectivity index (χ1v) is 8.21. The zero-order valence-electron chi connectivity index (χ0n) is 14.6. The standard InChI is InChI=1S/C19H29NO2/c1-14(2)10-12-20(13-11-15(3)4)19(22)18-8-6-17(7-9-18)16(5)21/h6-9,14-15H,10-13H2,1-5H3. The van der Waals surface area contributed by atoms with Crippen LogP contribution in [-0.4, -0.2) is 29.7 Å². The maximum atomic E-state index is 12.7. The van der Waals surface area contributed by atoms with Gasteiger partial charge in [-0.2, -0.15) is 0 Å². The molecule has 0 atom stereocenters. The van der Waals surface area contributed by atoms with E-state index in [0.717, 1.165) is 25.9 Å². The molecule has 1 aromatic carbocycles. The van der Waals surface area contributed by atoms with Crippen LogP contribution in [0.5, 0.6) is 0 Å². The van der Waals surface area contributed by atoms with Gasteiger partial charge in [0.15, 0.2) is 5.78 Å². The van der Waals surface area contributed by atoms with E-state index >= 15 is 0 Å². The Morgan fingerprint density at radius 1 is 0.864 bits per heavy atom. The van der Waals surface area contributed by atoms with E-state index in [2.05, 4.69) is 27.7 Å². The molecule has 0 aromatic heterocycles. The number of carbonyl (C=O) groups excluding carboxylic acids is 2. The van der Waals surface area contributed by atoms with Crippen LogP contribution in [0.2, 0.25) is 0 Å². The normalized spacial score (nSPS) is 11.0. The Kier molecular flexibility index (Phi) is 7.30. The van der Waals surface area contributed by atoms with Gasteiger partial charge < -0.3 is 4.90 Å². The average Bonchev–Trinajstić information content (AvgIpc) is 2.46. The summed E-state index contributed by atoms with van der Waals surface area (Å²) in [6, 6.07) is 6.99. The maximum Gasteiger partial charge on any atom is 0.253 e. The molecule has 0 spiro atoms. The molecular weight excluding hydrogens is 274 g/mol. The second-order valence-electron chi connectivity index (χ2n) is 6.79. The molecule has 0 heterocycles. The van der Waals surface area contributed by atoms with Crippen molar-refractivity contribution in [3.63, 3.8) is 0 Å². The van der Waals surface area contributed by atoms with Crippen LogP contribution in [0.25, 0.3) is 0 Å². The topological polar surface area (TPSA) is 37.4 Å². The second-order valence-corrected chi connectivity index (χ2v) is 6.79. The molecule has 0 radical (unpaired) electrons. The zero-order valence-corrected chi connectivity index (χ0v) is 14.6. The molecule has 3 heteroatoms. The number of hydrogen-bond donors (Lipinski definition) is 0. The van der Waals surface area contributed by atoms with E-state index < -0.39 is 0 Å². The number of rotatable bonds is 8. The molecule has 0 N–H and O–H groups in total. The minimum absolute atomic E-state index is 0.0236. The van der Waals surface area contributed by atoms with Gasteiger partial charge in [0.05, 0.1) is 0 Å². The third kappa shape index (κ3) is 6.00. The van der Waals surface area contributed by atoms with E-state index in [1.807, 2.05) is 4.90 Å². The molecule has 0 unspecified atom stereocenters. The van der Waals surface area contributed by atoms with Crippen molar-refractivity contribution in [1.29, 1.82) is 0 Å². The highest BCUT2D eigenvalue weighted by atomic mass is 16.2. The second kappa shape index (κ2) is 8.72. The maximum absolute atomic E-state index is 12.7. The van der Waals surface area contributed by atoms with E-state index in [4.69, 9.17) is 0 Å². The fourth-order valence-electron chi connectivity index (χ4n) is 2.17. The smallest absolute Gasteiger partial charge is 0.253 e. The molecular formula is C19H29NO2. The van der Waals surface area contributed by atoms with Crippen LogP contribution in [0.15, 0.2) is 24.3 Å². The van der Waals surface area contributed by atoms with Crippen LogP contribution < -0.4 is 0 Å². The van der Waals surface area contributed by atoms with Crippen LogP contribution in [0.1, 0.15) is 68.2 Å². The fraction of sp³-hybridized carbons (Fsp3) is 0.579. The third-order valence-corrected chi connectivity index (χ3v) is 3.78. The quantitative estimate of drug-likeness (QED) is 0.666. The van der Waals surface area contributed by atoms with Crippen LogP contribution in [0.4, 0.5) is 0 Å². The number of Topliss-reactive ketones (excluding diaryl/α,β-unsaturated/α-hetero) is 1. The summed E-state index contributed by atoms with van der Waals surface area (Å²) >= 11 is 0. The Morgan fingerprint density at radius 3 is 1.64 bits per heavy atom. The predicted octanol–water partition coefficient (Wildman–Crippen LogP) is 4.42. The van der Waals surface area contributed by atoms with Crippen molar-refractivity contribution in [2.75, 3.05) is 13.1 Å². The Hall–Kier alpha value is -1.64. The molecule has 122 valence electrons. The first kappa shape index (κ1) is 18.4. The third-order valence-electron chi connectivity index (χ3n) is 3.78. The molecule has 0 aliphatic carbocycles. The van der Waals surface area contributed by atoms with Gasteiger partial charge in [-0.15, -0.1) is 0 Å². The Bertz CT molecular complexity index is 477. The van der Waals surface area contributed by atoms with Gasteiger partial charge in [-0.25, -0.2) is 0 Å². The van der Waals surface area contributed by atoms with Gasteiger partial charge in [-0.3, -0.25) is 9.59 Å². The van der Waals surface area contributed by atoms with Gasteiger partial charge in [0.1, 0.15) is 0 Å². The summed E-state index contributed by atoms with van der Waals surface area (Å²) in [7, 11) is 0. The summed E-state index contributed by atoms with van der Waals surface area (Å²) < 4.78 is 0. The van der Waals surface area contributed by atoms with Gasteiger partial charge in [0.2, 0.25) is 0 Å². The number of benzene rings is 1. The highest BCUT2D eigenvalue weighted by Gasteiger charge is 2.16. The lowest BCUT2D eigenvalue weighted by Gasteiger charge is -2.24. The Morgan fingerprint density at radius 2 is 1.27 bits per heavy atom. The predicted molar refractivity (Wildman–Crippen MR) is 91.3 cm³/mol. The number of carbonyl (C=O) groups is 2. The van der Waals surface area contributed by atoms with E-state index in [1.54, 1.807) is 24.3 Å². The Balaban J connectivity index is 2.82. The van der Waals surface area contributed by atoms with Gasteiger partial charge >= 0.3 is 0 Å². The molecule has 0 aliphatic heterocycles. The largest absolute Gasteiger partial charge is 0.339 e. The van der Waals surface area contributed by atoms with Crippen molar-refractivity contribution < 1.29 is 9.59 Å². The summed E-state index contributed by atoms with van der Waals surface area (Å²) in [5.41, 5.74) is 1.31. The Labute approximate surface area is 134 Å². The molecule has 1 amide bonds. The van der Waals surface area contributed by atoms with Crippen LogP contribution in [-0.2, 0) is 0 Å². The van der Waals surface area contributed by atoms with E-state index in [1.165, 1.54) is 6.92 Å². The first-order valence-electron chi connectivity index (χ1n) is 8.21. The van der Waals surface area contributed by atoms with Crippen LogP contribution in [0, 0.1) is 11.8 Å². The van der Waals surface area contributed by atoms with Crippen LogP contribution in [0.3, 0.4) is 0 Å². The molecule has 0 saturated heterocycles. The molecule has 1 aromatic rings. The van der Waals surface area contributed by atoms with Gasteiger partial charge in [-0.05, 0) is 43.7 Å². The number of nitrogens with zero attached hydrogens (tertiary/aromatic N) is 1. The summed E-state index contributed by atoms with van der Waals surface area (Å²) in [4.78, 5) is 26.0. The van der Waals surface area contributed by atoms with Crippen molar-refractivity contribution in [3.05, 3.63) is 35.4 Å². The van der Waals surface area contributed by atoms with E-state index in [9.17, 15) is 9.59 Å². The van der Waals surface area contributed by atoms with Crippen molar-refractivity contribution in [2.45, 2.75) is 47.5 Å². The van der Waals surface area contributed by atoms with E-state index in [0.29, 0.717) is 23.0 Å². The average molecular weight is 303 g/mol. The minimum atomic E-state index is 0.0236. The number of amides is 1. The lowest BCUT2D eigenvalue weighted by atomic mass is 10.1. The SMILES string of the molecule is CC(=O)c1ccc(C(=O)N(CCC(C)C)CCC(C)C)cc1. The van der Waals surface area contributed by atoms with Crippen molar-refractivity contribution in [1.82, 2.24) is 4.90 Å². The summed E-state index contributed by atoms with van der Waals surface area (Å²) in [6.45, 7) is 11.8. The molecule has 22 heavy (non-hydrogen) atoms. The van der Waals surface area contributed by atoms with Crippen molar-refractivity contribution in [2.24, 2.45) is 11.8 Å². The molecule has 0 bridgehead atoms. The van der Waals surface area contributed by atoms with E-state index in [-0.39, 0.29) is 11.7 Å².